The van der Waals surface area contributed by atoms with E-state index in [2.05, 4.69) is 34.7 Å². The van der Waals surface area contributed by atoms with Crippen molar-refractivity contribution in [2.24, 2.45) is 7.05 Å². The first-order valence-electron chi connectivity index (χ1n) is 8.43. The van der Waals surface area contributed by atoms with Crippen LogP contribution in [0.3, 0.4) is 0 Å². The largest absolute Gasteiger partial charge is 0.355 e. The molecule has 0 spiro atoms. The first-order chi connectivity index (χ1) is 11.7. The molecule has 0 radical (unpaired) electrons. The van der Waals surface area contributed by atoms with E-state index in [4.69, 9.17) is 0 Å². The lowest BCUT2D eigenvalue weighted by atomic mass is 9.95. The number of carbonyl (C=O) groups excluding carboxylic acids is 1. The summed E-state index contributed by atoms with van der Waals surface area (Å²) < 4.78 is 2.04. The molecule has 0 bridgehead atoms. The maximum atomic E-state index is 12.7. The summed E-state index contributed by atoms with van der Waals surface area (Å²) in [5, 5.41) is 4.30. The Morgan fingerprint density at radius 3 is 2.75 bits per heavy atom. The van der Waals surface area contributed by atoms with Gasteiger partial charge in [0.1, 0.15) is 5.65 Å². The zero-order chi connectivity index (χ0) is 16.6. The van der Waals surface area contributed by atoms with Crippen molar-refractivity contribution < 1.29 is 4.79 Å². The summed E-state index contributed by atoms with van der Waals surface area (Å²) in [5.74, 6) is 0.159. The van der Waals surface area contributed by atoms with Gasteiger partial charge in [-0.15, -0.1) is 0 Å². The fourth-order valence-corrected chi connectivity index (χ4v) is 3.50. The SMILES string of the molecule is Cn1cc(CCNC(=O)C2(c3ccccc3)CC2)c2cccnc21. The zero-order valence-corrected chi connectivity index (χ0v) is 13.8. The second kappa shape index (κ2) is 5.78. The molecule has 122 valence electrons. The van der Waals surface area contributed by atoms with E-state index in [9.17, 15) is 4.79 Å². The second-order valence-electron chi connectivity index (χ2n) is 6.59. The standard InChI is InChI=1S/C20H21N3O/c1-23-14-15(17-8-5-12-21-18(17)23)9-13-22-19(24)20(10-11-20)16-6-3-2-4-7-16/h2-8,12,14H,9-11,13H2,1H3,(H,22,24). The molecule has 0 aliphatic heterocycles. The Morgan fingerprint density at radius 1 is 1.21 bits per heavy atom. The number of benzene rings is 1. The highest BCUT2D eigenvalue weighted by Gasteiger charge is 2.50. The molecule has 1 fully saturated rings. The van der Waals surface area contributed by atoms with Crippen LogP contribution in [0.15, 0.2) is 54.9 Å². The summed E-state index contributed by atoms with van der Waals surface area (Å²) in [6, 6.07) is 14.2. The van der Waals surface area contributed by atoms with Gasteiger partial charge in [-0.1, -0.05) is 30.3 Å². The third kappa shape index (κ3) is 2.48. The van der Waals surface area contributed by atoms with Gasteiger partial charge in [0.05, 0.1) is 5.41 Å². The van der Waals surface area contributed by atoms with Crippen LogP contribution in [0.2, 0.25) is 0 Å². The highest BCUT2D eigenvalue weighted by molar-refractivity contribution is 5.91. The van der Waals surface area contributed by atoms with E-state index in [0.717, 1.165) is 30.5 Å². The van der Waals surface area contributed by atoms with Gasteiger partial charge in [-0.05, 0) is 42.5 Å². The number of nitrogens with one attached hydrogen (secondary N) is 1. The second-order valence-corrected chi connectivity index (χ2v) is 6.59. The lowest BCUT2D eigenvalue weighted by Crippen LogP contribution is -2.35. The minimum absolute atomic E-state index is 0.159. The molecule has 1 aromatic carbocycles. The monoisotopic (exact) mass is 319 g/mol. The Kier molecular flexibility index (Phi) is 3.60. The molecule has 4 rings (SSSR count). The van der Waals surface area contributed by atoms with Gasteiger partial charge in [-0.2, -0.15) is 0 Å². The van der Waals surface area contributed by atoms with E-state index in [-0.39, 0.29) is 11.3 Å². The van der Waals surface area contributed by atoms with E-state index in [1.807, 2.05) is 42.1 Å². The Hall–Kier alpha value is -2.62. The number of hydrogen-bond donors (Lipinski definition) is 1. The van der Waals surface area contributed by atoms with Gasteiger partial charge in [0.15, 0.2) is 0 Å². The summed E-state index contributed by atoms with van der Waals surface area (Å²) in [7, 11) is 2.01. The van der Waals surface area contributed by atoms with Crippen molar-refractivity contribution in [1.29, 1.82) is 0 Å². The molecule has 2 heterocycles. The number of amides is 1. The maximum Gasteiger partial charge on any atom is 0.230 e. The summed E-state index contributed by atoms with van der Waals surface area (Å²) >= 11 is 0. The molecule has 4 heteroatoms. The quantitative estimate of drug-likeness (QED) is 0.786. The lowest BCUT2D eigenvalue weighted by molar-refractivity contribution is -0.123. The number of rotatable bonds is 5. The van der Waals surface area contributed by atoms with Gasteiger partial charge in [0, 0.05) is 31.4 Å². The van der Waals surface area contributed by atoms with E-state index in [1.54, 1.807) is 0 Å². The first kappa shape index (κ1) is 14.9. The van der Waals surface area contributed by atoms with Crippen molar-refractivity contribution in [1.82, 2.24) is 14.9 Å². The van der Waals surface area contributed by atoms with Crippen LogP contribution < -0.4 is 5.32 Å². The van der Waals surface area contributed by atoms with Crippen LogP contribution in [-0.4, -0.2) is 22.0 Å². The molecule has 0 unspecified atom stereocenters. The summed E-state index contributed by atoms with van der Waals surface area (Å²) in [5.41, 5.74) is 3.06. The van der Waals surface area contributed by atoms with E-state index < -0.39 is 0 Å². The minimum Gasteiger partial charge on any atom is -0.355 e. The van der Waals surface area contributed by atoms with Gasteiger partial charge in [0.2, 0.25) is 5.91 Å². The summed E-state index contributed by atoms with van der Waals surface area (Å²) in [6.45, 7) is 0.654. The highest BCUT2D eigenvalue weighted by Crippen LogP contribution is 2.48. The Bertz CT molecular complexity index is 878. The Morgan fingerprint density at radius 2 is 2.00 bits per heavy atom. The van der Waals surface area contributed by atoms with Crippen molar-refractivity contribution in [3.05, 3.63) is 66.0 Å². The average molecular weight is 319 g/mol. The van der Waals surface area contributed by atoms with Gasteiger partial charge >= 0.3 is 0 Å². The topological polar surface area (TPSA) is 46.9 Å². The number of carbonyl (C=O) groups is 1. The Balaban J connectivity index is 1.43. The number of aromatic nitrogens is 2. The fourth-order valence-electron chi connectivity index (χ4n) is 3.50. The van der Waals surface area contributed by atoms with Crippen molar-refractivity contribution in [2.75, 3.05) is 6.54 Å². The molecule has 1 saturated carbocycles. The van der Waals surface area contributed by atoms with Crippen LogP contribution in [-0.2, 0) is 23.7 Å². The molecular weight excluding hydrogens is 298 g/mol. The van der Waals surface area contributed by atoms with E-state index >= 15 is 0 Å². The Labute approximate surface area is 141 Å². The van der Waals surface area contributed by atoms with Crippen LogP contribution in [0.25, 0.3) is 11.0 Å². The molecule has 1 aliphatic carbocycles. The minimum atomic E-state index is -0.290. The van der Waals surface area contributed by atoms with Crippen LogP contribution in [0, 0.1) is 0 Å². The normalized spacial score (nSPS) is 15.4. The fraction of sp³-hybridized carbons (Fsp3) is 0.300. The molecular formula is C20H21N3O. The molecule has 4 nitrogen and oxygen atoms in total. The van der Waals surface area contributed by atoms with Crippen molar-refractivity contribution in [2.45, 2.75) is 24.7 Å². The third-order valence-electron chi connectivity index (χ3n) is 5.01. The smallest absolute Gasteiger partial charge is 0.230 e. The molecule has 1 aliphatic rings. The van der Waals surface area contributed by atoms with Crippen molar-refractivity contribution in [3.8, 4) is 0 Å². The van der Waals surface area contributed by atoms with E-state index in [1.165, 1.54) is 10.9 Å². The zero-order valence-electron chi connectivity index (χ0n) is 13.8. The number of nitrogens with zero attached hydrogens (tertiary/aromatic N) is 2. The molecule has 1 N–H and O–H groups in total. The molecule has 24 heavy (non-hydrogen) atoms. The van der Waals surface area contributed by atoms with Gasteiger partial charge in [-0.3, -0.25) is 4.79 Å². The predicted molar refractivity (Wildman–Crippen MR) is 94.8 cm³/mol. The number of hydrogen-bond acceptors (Lipinski definition) is 2. The van der Waals surface area contributed by atoms with Crippen LogP contribution >= 0.6 is 0 Å². The number of pyridine rings is 1. The van der Waals surface area contributed by atoms with Gasteiger partial charge in [0.25, 0.3) is 0 Å². The number of aryl methyl sites for hydroxylation is 1. The average Bonchev–Trinajstić information content (AvgIpc) is 3.38. The lowest BCUT2D eigenvalue weighted by Gasteiger charge is -2.15. The van der Waals surface area contributed by atoms with Gasteiger partial charge in [-0.25, -0.2) is 4.98 Å². The van der Waals surface area contributed by atoms with Crippen molar-refractivity contribution >= 4 is 16.9 Å². The van der Waals surface area contributed by atoms with E-state index in [0.29, 0.717) is 6.54 Å². The maximum absolute atomic E-state index is 12.7. The van der Waals surface area contributed by atoms with Crippen LogP contribution in [0.4, 0.5) is 0 Å². The predicted octanol–water partition coefficient (Wildman–Crippen LogP) is 2.96. The van der Waals surface area contributed by atoms with Crippen molar-refractivity contribution in [3.63, 3.8) is 0 Å². The molecule has 3 aromatic rings. The summed E-state index contributed by atoms with van der Waals surface area (Å²) in [4.78, 5) is 17.1. The molecule has 0 atom stereocenters. The molecule has 1 amide bonds. The number of fused-ring (bicyclic) bond motifs is 1. The highest BCUT2D eigenvalue weighted by atomic mass is 16.2. The first-order valence-corrected chi connectivity index (χ1v) is 8.43. The summed E-state index contributed by atoms with van der Waals surface area (Å²) in [6.07, 6.45) is 6.63. The molecule has 2 aromatic heterocycles. The van der Waals surface area contributed by atoms with Crippen LogP contribution in [0.1, 0.15) is 24.0 Å². The van der Waals surface area contributed by atoms with Crippen LogP contribution in [0.5, 0.6) is 0 Å². The molecule has 0 saturated heterocycles. The third-order valence-corrected chi connectivity index (χ3v) is 5.01. The van der Waals surface area contributed by atoms with Gasteiger partial charge < -0.3 is 9.88 Å².